The Morgan fingerprint density at radius 1 is 1.32 bits per heavy atom. The van der Waals surface area contributed by atoms with Crippen molar-refractivity contribution in [3.05, 3.63) is 53.1 Å². The SMILES string of the molecule is CC[C@](O)(C(=O)NCC[C@@](O)(c1nccn1C)C(F)(F)F)c1cccc(Cl)c1. The van der Waals surface area contributed by atoms with Gasteiger partial charge in [0.2, 0.25) is 5.60 Å². The highest BCUT2D eigenvalue weighted by molar-refractivity contribution is 6.30. The van der Waals surface area contributed by atoms with E-state index in [1.54, 1.807) is 19.1 Å². The molecule has 0 aliphatic carbocycles. The van der Waals surface area contributed by atoms with Crippen molar-refractivity contribution in [3.8, 4) is 0 Å². The molecule has 154 valence electrons. The number of benzene rings is 1. The van der Waals surface area contributed by atoms with Gasteiger partial charge in [0.05, 0.1) is 0 Å². The maximum atomic E-state index is 13.5. The predicted octanol–water partition coefficient (Wildman–Crippen LogP) is 2.63. The van der Waals surface area contributed by atoms with Crippen LogP contribution in [0.25, 0.3) is 0 Å². The van der Waals surface area contributed by atoms with E-state index in [0.29, 0.717) is 5.02 Å². The molecule has 0 saturated carbocycles. The molecule has 2 rings (SSSR count). The van der Waals surface area contributed by atoms with Gasteiger partial charge in [-0.15, -0.1) is 0 Å². The highest BCUT2D eigenvalue weighted by Gasteiger charge is 2.57. The molecule has 10 heteroatoms. The third-order valence-corrected chi connectivity index (χ3v) is 4.86. The van der Waals surface area contributed by atoms with Crippen LogP contribution in [0.2, 0.25) is 5.02 Å². The molecule has 0 fully saturated rings. The van der Waals surface area contributed by atoms with E-state index in [1.165, 1.54) is 25.4 Å². The van der Waals surface area contributed by atoms with Crippen LogP contribution in [0, 0.1) is 0 Å². The van der Waals surface area contributed by atoms with Crippen LogP contribution < -0.4 is 5.32 Å². The number of imidazole rings is 1. The van der Waals surface area contributed by atoms with Gasteiger partial charge in [-0.1, -0.05) is 30.7 Å². The Kier molecular flexibility index (Phi) is 6.42. The normalized spacial score (nSPS) is 16.3. The van der Waals surface area contributed by atoms with Crippen molar-refractivity contribution >= 4 is 17.5 Å². The lowest BCUT2D eigenvalue weighted by Gasteiger charge is -2.31. The van der Waals surface area contributed by atoms with Crippen molar-refractivity contribution in [3.63, 3.8) is 0 Å². The number of halogens is 4. The van der Waals surface area contributed by atoms with Gasteiger partial charge in [-0.3, -0.25) is 4.79 Å². The number of alkyl halides is 3. The number of carbonyl (C=O) groups excluding carboxylic acids is 1. The number of aromatic nitrogens is 2. The van der Waals surface area contributed by atoms with Gasteiger partial charge in [-0.25, -0.2) is 4.98 Å². The Bertz CT molecular complexity index is 843. The van der Waals surface area contributed by atoms with Gasteiger partial charge in [-0.05, 0) is 24.1 Å². The Morgan fingerprint density at radius 3 is 2.50 bits per heavy atom. The zero-order chi connectivity index (χ0) is 21.2. The van der Waals surface area contributed by atoms with Crippen LogP contribution in [0.1, 0.15) is 31.2 Å². The topological polar surface area (TPSA) is 87.4 Å². The Morgan fingerprint density at radius 2 is 2.00 bits per heavy atom. The largest absolute Gasteiger partial charge is 0.424 e. The average molecular weight is 420 g/mol. The van der Waals surface area contributed by atoms with E-state index in [9.17, 15) is 28.2 Å². The molecule has 1 heterocycles. The number of aryl methyl sites for hydroxylation is 1. The first-order valence-corrected chi connectivity index (χ1v) is 8.87. The van der Waals surface area contributed by atoms with Crippen LogP contribution >= 0.6 is 11.6 Å². The van der Waals surface area contributed by atoms with Gasteiger partial charge >= 0.3 is 6.18 Å². The number of carbonyl (C=O) groups is 1. The lowest BCUT2D eigenvalue weighted by atomic mass is 9.90. The molecule has 0 unspecified atom stereocenters. The molecule has 0 spiro atoms. The smallest absolute Gasteiger partial charge is 0.375 e. The fourth-order valence-electron chi connectivity index (χ4n) is 2.89. The summed E-state index contributed by atoms with van der Waals surface area (Å²) in [5.41, 5.74) is -5.00. The summed E-state index contributed by atoms with van der Waals surface area (Å²) in [6.07, 6.45) is -3.49. The molecule has 1 aromatic heterocycles. The summed E-state index contributed by atoms with van der Waals surface area (Å²) in [4.78, 5) is 16.1. The van der Waals surface area contributed by atoms with Gasteiger partial charge < -0.3 is 20.1 Å². The fourth-order valence-corrected chi connectivity index (χ4v) is 3.08. The van der Waals surface area contributed by atoms with Crippen molar-refractivity contribution in [2.75, 3.05) is 6.54 Å². The number of rotatable bonds is 7. The molecule has 0 aliphatic heterocycles. The first-order chi connectivity index (χ1) is 13.0. The van der Waals surface area contributed by atoms with Crippen LogP contribution in [-0.4, -0.2) is 38.4 Å². The van der Waals surface area contributed by atoms with Crippen molar-refractivity contribution in [1.82, 2.24) is 14.9 Å². The number of aliphatic hydroxyl groups is 2. The summed E-state index contributed by atoms with van der Waals surface area (Å²) >= 11 is 5.89. The number of hydrogen-bond acceptors (Lipinski definition) is 4. The van der Waals surface area contributed by atoms with Crippen LogP contribution in [0.3, 0.4) is 0 Å². The summed E-state index contributed by atoms with van der Waals surface area (Å²) in [5, 5.41) is 23.6. The summed E-state index contributed by atoms with van der Waals surface area (Å²) in [7, 11) is 1.33. The standard InChI is InChI=1S/C18H21ClF3N3O3/c1-3-16(27,12-5-4-6-13(19)11-12)15(26)24-8-7-17(28,18(20,21)22)14-23-9-10-25(14)2/h4-6,9-11,27-28H,3,7-8H2,1-2H3,(H,24,26)/t16-,17-/m1/s1. The lowest BCUT2D eigenvalue weighted by molar-refractivity contribution is -0.272. The van der Waals surface area contributed by atoms with Crippen molar-refractivity contribution < 1.29 is 28.2 Å². The van der Waals surface area contributed by atoms with E-state index in [0.717, 1.165) is 10.8 Å². The molecule has 0 radical (unpaired) electrons. The highest BCUT2D eigenvalue weighted by Crippen LogP contribution is 2.40. The zero-order valence-electron chi connectivity index (χ0n) is 15.3. The Hall–Kier alpha value is -2.10. The fraction of sp³-hybridized carbons (Fsp3) is 0.444. The molecule has 28 heavy (non-hydrogen) atoms. The van der Waals surface area contributed by atoms with Crippen LogP contribution in [-0.2, 0) is 23.0 Å². The second-order valence-electron chi connectivity index (χ2n) is 6.45. The minimum atomic E-state index is -5.01. The van der Waals surface area contributed by atoms with Crippen LogP contribution in [0.5, 0.6) is 0 Å². The molecule has 2 atom stereocenters. The molecule has 3 N–H and O–H groups in total. The highest BCUT2D eigenvalue weighted by atomic mass is 35.5. The molecular formula is C18H21ClF3N3O3. The quantitative estimate of drug-likeness (QED) is 0.644. The molecular weight excluding hydrogens is 399 g/mol. The number of nitrogens with one attached hydrogen (secondary N) is 1. The van der Waals surface area contributed by atoms with Gasteiger partial charge in [0.25, 0.3) is 5.91 Å². The van der Waals surface area contributed by atoms with E-state index in [-0.39, 0.29) is 12.0 Å². The monoisotopic (exact) mass is 419 g/mol. The summed E-state index contributed by atoms with van der Waals surface area (Å²) < 4.78 is 41.6. The zero-order valence-corrected chi connectivity index (χ0v) is 16.1. The van der Waals surface area contributed by atoms with E-state index >= 15 is 0 Å². The minimum Gasteiger partial charge on any atom is -0.375 e. The summed E-state index contributed by atoms with van der Waals surface area (Å²) in [6, 6.07) is 6.02. The van der Waals surface area contributed by atoms with Crippen LogP contribution in [0.15, 0.2) is 36.7 Å². The Labute approximate surface area is 165 Å². The minimum absolute atomic E-state index is 0.0257. The van der Waals surface area contributed by atoms with E-state index in [2.05, 4.69) is 10.3 Å². The van der Waals surface area contributed by atoms with Gasteiger partial charge in [-0.2, -0.15) is 13.2 Å². The molecule has 0 bridgehead atoms. The maximum Gasteiger partial charge on any atom is 0.424 e. The predicted molar refractivity (Wildman–Crippen MR) is 96.4 cm³/mol. The first-order valence-electron chi connectivity index (χ1n) is 8.49. The number of nitrogens with zero attached hydrogens (tertiary/aromatic N) is 2. The third-order valence-electron chi connectivity index (χ3n) is 4.62. The van der Waals surface area contributed by atoms with E-state index in [1.807, 2.05) is 0 Å². The molecule has 1 amide bonds. The maximum absolute atomic E-state index is 13.5. The van der Waals surface area contributed by atoms with Crippen molar-refractivity contribution in [2.24, 2.45) is 7.05 Å². The average Bonchev–Trinajstić information content (AvgIpc) is 3.06. The first kappa shape index (κ1) is 22.2. The second kappa shape index (κ2) is 8.10. The number of hydrogen-bond donors (Lipinski definition) is 3. The van der Waals surface area contributed by atoms with E-state index < -0.39 is 42.1 Å². The second-order valence-corrected chi connectivity index (χ2v) is 6.89. The Balaban J connectivity index is 2.17. The summed E-state index contributed by atoms with van der Waals surface area (Å²) in [5.74, 6) is -1.48. The van der Waals surface area contributed by atoms with Crippen molar-refractivity contribution in [1.29, 1.82) is 0 Å². The third kappa shape index (κ3) is 4.16. The molecule has 1 aromatic carbocycles. The molecule has 0 saturated heterocycles. The number of amides is 1. The van der Waals surface area contributed by atoms with Crippen molar-refractivity contribution in [2.45, 2.75) is 37.1 Å². The van der Waals surface area contributed by atoms with Crippen LogP contribution in [0.4, 0.5) is 13.2 Å². The van der Waals surface area contributed by atoms with E-state index in [4.69, 9.17) is 11.6 Å². The van der Waals surface area contributed by atoms with Gasteiger partial charge in [0.1, 0.15) is 5.82 Å². The molecule has 6 nitrogen and oxygen atoms in total. The molecule has 0 aliphatic rings. The van der Waals surface area contributed by atoms with Gasteiger partial charge in [0.15, 0.2) is 5.60 Å². The summed E-state index contributed by atoms with van der Waals surface area (Å²) in [6.45, 7) is 1.02. The lowest BCUT2D eigenvalue weighted by Crippen LogP contribution is -2.49. The molecule has 2 aromatic rings. The van der Waals surface area contributed by atoms with Gasteiger partial charge in [0, 0.05) is 37.4 Å².